The van der Waals surface area contributed by atoms with Gasteiger partial charge in [0.1, 0.15) is 12.4 Å². The number of hydrogen-bond acceptors (Lipinski definition) is 8. The number of nitrogens with one attached hydrogen (secondary N) is 1. The highest BCUT2D eigenvalue weighted by atomic mass is 32.1. The van der Waals surface area contributed by atoms with Gasteiger partial charge in [0, 0.05) is 29.4 Å². The van der Waals surface area contributed by atoms with E-state index in [4.69, 9.17) is 9.47 Å². The van der Waals surface area contributed by atoms with E-state index in [1.807, 2.05) is 12.1 Å². The first-order valence-corrected chi connectivity index (χ1v) is 12.3. The van der Waals surface area contributed by atoms with Gasteiger partial charge in [0.25, 0.3) is 0 Å². The van der Waals surface area contributed by atoms with Gasteiger partial charge in [0.05, 0.1) is 29.5 Å². The smallest absolute Gasteiger partial charge is 0.229 e. The van der Waals surface area contributed by atoms with Crippen molar-refractivity contribution < 1.29 is 19.4 Å². The van der Waals surface area contributed by atoms with E-state index >= 15 is 0 Å². The Balaban J connectivity index is 1.20. The number of aromatic nitrogens is 3. The number of thiazole rings is 1. The molecule has 3 fully saturated rings. The summed E-state index contributed by atoms with van der Waals surface area (Å²) in [5.41, 5.74) is 2.80. The topological polar surface area (TPSA) is 106 Å². The third-order valence-corrected chi connectivity index (χ3v) is 8.19. The minimum atomic E-state index is -0.395. The number of methoxy groups -OCH3 is 1. The molecule has 0 aliphatic heterocycles. The number of anilines is 1. The quantitative estimate of drug-likeness (QED) is 0.543. The van der Waals surface area contributed by atoms with Crippen molar-refractivity contribution in [2.45, 2.75) is 57.3 Å². The molecule has 172 valence electrons. The van der Waals surface area contributed by atoms with Crippen molar-refractivity contribution in [2.24, 2.45) is 11.3 Å². The van der Waals surface area contributed by atoms with E-state index in [2.05, 4.69) is 20.3 Å². The Morgan fingerprint density at radius 1 is 1.27 bits per heavy atom. The van der Waals surface area contributed by atoms with Crippen LogP contribution < -0.4 is 10.1 Å². The molecule has 9 heteroatoms. The van der Waals surface area contributed by atoms with Crippen molar-refractivity contribution in [2.75, 3.05) is 12.4 Å². The molecule has 6 rings (SSSR count). The molecule has 0 bridgehead atoms. The minimum Gasteiger partial charge on any atom is -0.495 e. The van der Waals surface area contributed by atoms with Gasteiger partial charge in [-0.15, -0.1) is 0 Å². The van der Waals surface area contributed by atoms with Crippen LogP contribution in [0.3, 0.4) is 0 Å². The number of fused-ring (bicyclic) bond motifs is 1. The van der Waals surface area contributed by atoms with Crippen molar-refractivity contribution in [1.82, 2.24) is 15.0 Å². The fourth-order valence-corrected chi connectivity index (χ4v) is 5.92. The van der Waals surface area contributed by atoms with Gasteiger partial charge in [0.15, 0.2) is 11.0 Å². The summed E-state index contributed by atoms with van der Waals surface area (Å²) in [6.07, 6.45) is 9.00. The Labute approximate surface area is 195 Å². The van der Waals surface area contributed by atoms with E-state index in [1.54, 1.807) is 19.5 Å². The van der Waals surface area contributed by atoms with E-state index in [0.29, 0.717) is 22.1 Å². The molecule has 3 saturated carbocycles. The van der Waals surface area contributed by atoms with Crippen molar-refractivity contribution in [3.63, 3.8) is 0 Å². The molecule has 33 heavy (non-hydrogen) atoms. The van der Waals surface area contributed by atoms with Crippen LogP contribution in [0.2, 0.25) is 0 Å². The Morgan fingerprint density at radius 2 is 2.09 bits per heavy atom. The molecule has 3 aliphatic carbocycles. The Kier molecular flexibility index (Phi) is 5.08. The minimum absolute atomic E-state index is 0.0853. The molecule has 2 aromatic heterocycles. The average Bonchev–Trinajstić information content (AvgIpc) is 3.66. The number of benzene rings is 1. The summed E-state index contributed by atoms with van der Waals surface area (Å²) in [7, 11) is 1.63. The highest BCUT2D eigenvalue weighted by Crippen LogP contribution is 2.70. The number of aliphatic hydroxyl groups is 1. The first kappa shape index (κ1) is 20.9. The predicted molar refractivity (Wildman–Crippen MR) is 124 cm³/mol. The maximum absolute atomic E-state index is 12.5. The molecule has 3 aliphatic rings. The number of hydrogen-bond donors (Lipinski definition) is 2. The van der Waals surface area contributed by atoms with Crippen LogP contribution in [0.25, 0.3) is 21.3 Å². The van der Waals surface area contributed by atoms with Crippen LogP contribution in [-0.2, 0) is 16.1 Å². The lowest BCUT2D eigenvalue weighted by atomic mass is 10.1. The molecular weight excluding hydrogens is 440 g/mol. The number of amides is 1. The van der Waals surface area contributed by atoms with Crippen LogP contribution in [0.15, 0.2) is 24.5 Å². The van der Waals surface area contributed by atoms with E-state index in [0.717, 1.165) is 47.0 Å². The lowest BCUT2D eigenvalue weighted by Crippen LogP contribution is -2.22. The summed E-state index contributed by atoms with van der Waals surface area (Å²) >= 11 is 1.42. The summed E-state index contributed by atoms with van der Waals surface area (Å²) < 4.78 is 12.4. The average molecular weight is 467 g/mol. The molecule has 3 aromatic rings. The lowest BCUT2D eigenvalue weighted by molar-refractivity contribution is -0.117. The number of rotatable bonds is 7. The van der Waals surface area contributed by atoms with Gasteiger partial charge in [-0.05, 0) is 56.1 Å². The van der Waals surface area contributed by atoms with Crippen molar-refractivity contribution >= 4 is 32.6 Å². The van der Waals surface area contributed by atoms with Gasteiger partial charge in [0.2, 0.25) is 5.91 Å². The number of aliphatic hydroxyl groups excluding tert-OH is 1. The van der Waals surface area contributed by atoms with Gasteiger partial charge in [-0.3, -0.25) is 4.79 Å². The fraction of sp³-hybridized carbons (Fsp3) is 0.500. The van der Waals surface area contributed by atoms with Crippen LogP contribution in [-0.4, -0.2) is 45.3 Å². The van der Waals surface area contributed by atoms with Crippen LogP contribution in [0.1, 0.15) is 44.3 Å². The second-order valence-electron chi connectivity index (χ2n) is 9.36. The molecule has 1 amide bonds. The summed E-state index contributed by atoms with van der Waals surface area (Å²) in [6, 6.07) is 3.87. The van der Waals surface area contributed by atoms with Crippen LogP contribution in [0.4, 0.5) is 5.13 Å². The number of ether oxygens (including phenoxy) is 2. The zero-order valence-corrected chi connectivity index (χ0v) is 19.2. The summed E-state index contributed by atoms with van der Waals surface area (Å²) in [6.45, 7) is 0.276. The lowest BCUT2D eigenvalue weighted by Gasteiger charge is -2.15. The van der Waals surface area contributed by atoms with Gasteiger partial charge < -0.3 is 19.9 Å². The molecule has 2 N–H and O–H groups in total. The van der Waals surface area contributed by atoms with Crippen molar-refractivity contribution in [1.29, 1.82) is 0 Å². The molecule has 0 radical (unpaired) electrons. The fourth-order valence-electron chi connectivity index (χ4n) is 4.93. The van der Waals surface area contributed by atoms with Crippen molar-refractivity contribution in [3.8, 4) is 16.9 Å². The van der Waals surface area contributed by atoms with Crippen LogP contribution in [0.5, 0.6) is 5.75 Å². The zero-order chi connectivity index (χ0) is 22.6. The number of nitrogens with zero attached hydrogens (tertiary/aromatic N) is 3. The zero-order valence-electron chi connectivity index (χ0n) is 18.4. The molecular formula is C24H26N4O4S. The van der Waals surface area contributed by atoms with E-state index in [-0.39, 0.29) is 24.5 Å². The van der Waals surface area contributed by atoms with E-state index < -0.39 is 6.10 Å². The normalized spacial score (nSPS) is 24.8. The standard InChI is InChI=1S/C24H26N4O4S/c1-31-20-14(13-10-25-19(26-11-13)12-32-18-4-2-3-17(18)29)5-6-16-21(20)33-23(27-16)28-22(30)15-9-24(15)7-8-24/h5-6,10-11,15,17-18,29H,2-4,7-9,12H2,1H3,(H,27,28,30)/t15?,17-,18-/m0/s1. The maximum Gasteiger partial charge on any atom is 0.229 e. The predicted octanol–water partition coefficient (Wildman–Crippen LogP) is 3.93. The Morgan fingerprint density at radius 3 is 2.76 bits per heavy atom. The monoisotopic (exact) mass is 466 g/mol. The molecule has 1 unspecified atom stereocenters. The van der Waals surface area contributed by atoms with Gasteiger partial charge in [-0.2, -0.15) is 0 Å². The SMILES string of the molecule is COc1c(-c2cnc(CO[C@H]3CCC[C@@H]3O)nc2)ccc2nc(NC(=O)C3CC34CC4)sc12. The van der Waals surface area contributed by atoms with Gasteiger partial charge in [-0.25, -0.2) is 15.0 Å². The second kappa shape index (κ2) is 8.00. The molecule has 1 spiro atoms. The van der Waals surface area contributed by atoms with Crippen LogP contribution >= 0.6 is 11.3 Å². The Hall–Kier alpha value is -2.62. The Bertz CT molecular complexity index is 1210. The van der Waals surface area contributed by atoms with E-state index in [9.17, 15) is 9.90 Å². The third-order valence-electron chi connectivity index (χ3n) is 7.21. The first-order valence-electron chi connectivity index (χ1n) is 11.5. The largest absolute Gasteiger partial charge is 0.495 e. The summed E-state index contributed by atoms with van der Waals surface area (Å²) in [5, 5.41) is 13.5. The first-order chi connectivity index (χ1) is 16.1. The highest BCUT2D eigenvalue weighted by molar-refractivity contribution is 7.22. The third kappa shape index (κ3) is 3.88. The van der Waals surface area contributed by atoms with Gasteiger partial charge in [-0.1, -0.05) is 11.3 Å². The van der Waals surface area contributed by atoms with Crippen LogP contribution in [0, 0.1) is 11.3 Å². The van der Waals surface area contributed by atoms with Crippen molar-refractivity contribution in [3.05, 3.63) is 30.4 Å². The van der Waals surface area contributed by atoms with Gasteiger partial charge >= 0.3 is 0 Å². The highest BCUT2D eigenvalue weighted by Gasteiger charge is 2.65. The maximum atomic E-state index is 12.5. The summed E-state index contributed by atoms with van der Waals surface area (Å²) in [5.74, 6) is 1.51. The molecule has 3 atom stereocenters. The molecule has 8 nitrogen and oxygen atoms in total. The molecule has 1 aromatic carbocycles. The number of carbonyl (C=O) groups is 1. The molecule has 0 saturated heterocycles. The summed E-state index contributed by atoms with van der Waals surface area (Å²) in [4.78, 5) is 26.0. The van der Waals surface area contributed by atoms with E-state index in [1.165, 1.54) is 24.2 Å². The molecule has 2 heterocycles. The second-order valence-corrected chi connectivity index (χ2v) is 10.4. The number of carbonyl (C=O) groups excluding carboxylic acids is 1.